The minimum absolute atomic E-state index is 0.0102. The van der Waals surface area contributed by atoms with Gasteiger partial charge in [-0.15, -0.1) is 0 Å². The Morgan fingerprint density at radius 2 is 1.80 bits per heavy atom. The van der Waals surface area contributed by atoms with Crippen LogP contribution in [0.1, 0.15) is 20.8 Å². The third-order valence-electron chi connectivity index (χ3n) is 2.05. The number of carbonyl (C=O) groups excluding carboxylic acids is 2. The van der Waals surface area contributed by atoms with Crippen LogP contribution in [0.15, 0.2) is 11.8 Å². The first-order chi connectivity index (χ1) is 9.00. The van der Waals surface area contributed by atoms with Crippen LogP contribution in [0.5, 0.6) is 0 Å². The van der Waals surface area contributed by atoms with Gasteiger partial charge < -0.3 is 14.0 Å². The third-order valence-corrected chi connectivity index (χ3v) is 3.67. The van der Waals surface area contributed by atoms with E-state index in [1.54, 1.807) is 20.8 Å². The van der Waals surface area contributed by atoms with Crippen LogP contribution in [0.3, 0.4) is 0 Å². The van der Waals surface area contributed by atoms with E-state index in [1.165, 1.54) is 27.0 Å². The predicted octanol–water partition coefficient (Wildman–Crippen LogP) is 2.12. The molecule has 0 fully saturated rings. The molecule has 1 N–H and O–H groups in total. The summed E-state index contributed by atoms with van der Waals surface area (Å²) in [7, 11) is -0.350. The van der Waals surface area contributed by atoms with Gasteiger partial charge in [-0.3, -0.25) is 9.88 Å². The number of ether oxygens (including phenoxy) is 2. The molecule has 1 atom stereocenters. The maximum absolute atomic E-state index is 11.7. The third kappa shape index (κ3) is 7.96. The summed E-state index contributed by atoms with van der Waals surface area (Å²) < 4.78 is 26.1. The standard InChI is InChI=1S/C12H22NO6P/c1-12(2,3)19-11(15)13-9(10(14)17-4)7-8-20(6,16)18-5/h7H,8H2,1-6H3,(H,13,15)/b9-7-. The van der Waals surface area contributed by atoms with E-state index in [0.717, 1.165) is 0 Å². The fourth-order valence-corrected chi connectivity index (χ4v) is 1.70. The molecule has 20 heavy (non-hydrogen) atoms. The van der Waals surface area contributed by atoms with Gasteiger partial charge in [0.25, 0.3) is 0 Å². The van der Waals surface area contributed by atoms with Crippen LogP contribution in [-0.4, -0.2) is 44.7 Å². The maximum Gasteiger partial charge on any atom is 0.412 e. The molecular weight excluding hydrogens is 285 g/mol. The molecule has 116 valence electrons. The van der Waals surface area contributed by atoms with E-state index >= 15 is 0 Å². The molecular formula is C12H22NO6P. The van der Waals surface area contributed by atoms with Crippen LogP contribution >= 0.6 is 7.37 Å². The van der Waals surface area contributed by atoms with Crippen molar-refractivity contribution in [1.82, 2.24) is 5.32 Å². The van der Waals surface area contributed by atoms with E-state index in [9.17, 15) is 14.2 Å². The Morgan fingerprint density at radius 3 is 2.20 bits per heavy atom. The normalized spacial score (nSPS) is 15.2. The van der Waals surface area contributed by atoms with Gasteiger partial charge in [-0.05, 0) is 26.8 Å². The molecule has 0 aromatic rings. The van der Waals surface area contributed by atoms with E-state index in [-0.39, 0.29) is 11.9 Å². The Kier molecular flexibility index (Phi) is 6.96. The van der Waals surface area contributed by atoms with Gasteiger partial charge in [0.05, 0.1) is 7.11 Å². The lowest BCUT2D eigenvalue weighted by Gasteiger charge is -2.20. The number of hydrogen-bond donors (Lipinski definition) is 1. The lowest BCUT2D eigenvalue weighted by atomic mass is 10.2. The molecule has 8 heteroatoms. The van der Waals surface area contributed by atoms with Crippen LogP contribution in [0, 0.1) is 0 Å². The van der Waals surface area contributed by atoms with Gasteiger partial charge in [-0.25, -0.2) is 9.59 Å². The minimum Gasteiger partial charge on any atom is -0.464 e. The van der Waals surface area contributed by atoms with Crippen molar-refractivity contribution < 1.29 is 28.2 Å². The van der Waals surface area contributed by atoms with Crippen LogP contribution < -0.4 is 5.32 Å². The highest BCUT2D eigenvalue weighted by atomic mass is 31.2. The summed E-state index contributed by atoms with van der Waals surface area (Å²) >= 11 is 0. The summed E-state index contributed by atoms with van der Waals surface area (Å²) in [6.45, 7) is 6.50. The maximum atomic E-state index is 11.7. The largest absolute Gasteiger partial charge is 0.464 e. The monoisotopic (exact) mass is 307 g/mol. The SMILES string of the molecule is COC(=O)/C(=C/CP(C)(=O)OC)NC(=O)OC(C)(C)C. The summed E-state index contributed by atoms with van der Waals surface area (Å²) in [5.41, 5.74) is -0.835. The highest BCUT2D eigenvalue weighted by Crippen LogP contribution is 2.41. The number of carbonyl (C=O) groups is 2. The number of allylic oxidation sites excluding steroid dienone is 1. The topological polar surface area (TPSA) is 90.9 Å². The number of rotatable bonds is 5. The van der Waals surface area contributed by atoms with E-state index in [4.69, 9.17) is 9.26 Å². The molecule has 0 aliphatic carbocycles. The van der Waals surface area contributed by atoms with Crippen LogP contribution in [0.2, 0.25) is 0 Å². The van der Waals surface area contributed by atoms with Crippen molar-refractivity contribution in [3.63, 3.8) is 0 Å². The molecule has 0 aromatic carbocycles. The quantitative estimate of drug-likeness (QED) is 0.475. The van der Waals surface area contributed by atoms with E-state index < -0.39 is 25.0 Å². The molecule has 7 nitrogen and oxygen atoms in total. The Balaban J connectivity index is 4.92. The van der Waals surface area contributed by atoms with Gasteiger partial charge in [-0.1, -0.05) is 0 Å². The number of nitrogens with one attached hydrogen (secondary N) is 1. The number of hydrogen-bond acceptors (Lipinski definition) is 6. The minimum atomic E-state index is -2.84. The smallest absolute Gasteiger partial charge is 0.412 e. The van der Waals surface area contributed by atoms with E-state index in [0.29, 0.717) is 0 Å². The predicted molar refractivity (Wildman–Crippen MR) is 74.9 cm³/mol. The van der Waals surface area contributed by atoms with Crippen molar-refractivity contribution in [3.05, 3.63) is 11.8 Å². The number of amides is 1. The summed E-state index contributed by atoms with van der Waals surface area (Å²) in [5, 5.41) is 2.27. The zero-order valence-electron chi connectivity index (χ0n) is 12.7. The number of alkyl carbamates (subject to hydrolysis) is 1. The van der Waals surface area contributed by atoms with Gasteiger partial charge in [0.1, 0.15) is 11.3 Å². The van der Waals surface area contributed by atoms with Crippen molar-refractivity contribution in [1.29, 1.82) is 0 Å². The lowest BCUT2D eigenvalue weighted by Crippen LogP contribution is -2.34. The van der Waals surface area contributed by atoms with Gasteiger partial charge >= 0.3 is 12.1 Å². The second-order valence-corrected chi connectivity index (χ2v) is 7.87. The molecule has 0 aromatic heterocycles. The summed E-state index contributed by atoms with van der Waals surface area (Å²) in [4.78, 5) is 23.1. The first-order valence-electron chi connectivity index (χ1n) is 5.91. The van der Waals surface area contributed by atoms with Crippen molar-refractivity contribution in [2.75, 3.05) is 27.0 Å². The zero-order chi connectivity index (χ0) is 16.0. The highest BCUT2D eigenvalue weighted by Gasteiger charge is 2.21. The number of methoxy groups -OCH3 is 1. The van der Waals surface area contributed by atoms with Crippen LogP contribution in [-0.2, 0) is 23.4 Å². The van der Waals surface area contributed by atoms with E-state index in [2.05, 4.69) is 10.1 Å². The first-order valence-corrected chi connectivity index (χ1v) is 8.17. The molecule has 0 aliphatic rings. The Morgan fingerprint density at radius 1 is 1.25 bits per heavy atom. The Labute approximate surface area is 119 Å². The summed E-state index contributed by atoms with van der Waals surface area (Å²) in [6, 6.07) is 0. The average molecular weight is 307 g/mol. The van der Waals surface area contributed by atoms with Gasteiger partial charge in [0.15, 0.2) is 0 Å². The van der Waals surface area contributed by atoms with Crippen LogP contribution in [0.4, 0.5) is 4.79 Å². The molecule has 0 spiro atoms. The average Bonchev–Trinajstić information content (AvgIpc) is 2.31. The molecule has 0 saturated carbocycles. The molecule has 0 heterocycles. The van der Waals surface area contributed by atoms with Gasteiger partial charge in [-0.2, -0.15) is 0 Å². The fraction of sp³-hybridized carbons (Fsp3) is 0.667. The van der Waals surface area contributed by atoms with Gasteiger partial charge in [0, 0.05) is 19.9 Å². The Bertz CT molecular complexity index is 438. The highest BCUT2D eigenvalue weighted by molar-refractivity contribution is 7.58. The van der Waals surface area contributed by atoms with Crippen molar-refractivity contribution in [2.45, 2.75) is 26.4 Å². The summed E-state index contributed by atoms with van der Waals surface area (Å²) in [6.07, 6.45) is 0.488. The molecule has 0 aliphatic heterocycles. The van der Waals surface area contributed by atoms with Crippen molar-refractivity contribution >= 4 is 19.4 Å². The molecule has 0 saturated heterocycles. The molecule has 1 amide bonds. The zero-order valence-corrected chi connectivity index (χ0v) is 13.6. The van der Waals surface area contributed by atoms with Crippen molar-refractivity contribution in [2.24, 2.45) is 0 Å². The first kappa shape index (κ1) is 18.7. The van der Waals surface area contributed by atoms with Crippen LogP contribution in [0.25, 0.3) is 0 Å². The molecule has 0 bridgehead atoms. The summed E-state index contributed by atoms with van der Waals surface area (Å²) in [5.74, 6) is -0.757. The second kappa shape index (κ2) is 7.45. The molecule has 0 radical (unpaired) electrons. The second-order valence-electron chi connectivity index (χ2n) is 5.12. The van der Waals surface area contributed by atoms with Gasteiger partial charge in [0.2, 0.25) is 7.37 Å². The molecule has 1 unspecified atom stereocenters. The fourth-order valence-electron chi connectivity index (χ4n) is 1.04. The Hall–Kier alpha value is -1.33. The van der Waals surface area contributed by atoms with E-state index in [1.807, 2.05) is 0 Å². The number of esters is 1. The van der Waals surface area contributed by atoms with Crippen molar-refractivity contribution in [3.8, 4) is 0 Å². The molecule has 0 rings (SSSR count). The lowest BCUT2D eigenvalue weighted by molar-refractivity contribution is -0.136.